The molecule has 0 aliphatic heterocycles. The molecule has 0 aromatic heterocycles. The summed E-state index contributed by atoms with van der Waals surface area (Å²) in [6.07, 6.45) is 8.63. The first-order valence-electron chi connectivity index (χ1n) is 14.2. The summed E-state index contributed by atoms with van der Waals surface area (Å²) in [7, 11) is 0. The van der Waals surface area contributed by atoms with Crippen LogP contribution in [0.4, 0.5) is 0 Å². The van der Waals surface area contributed by atoms with E-state index in [0.717, 1.165) is 57.8 Å². The van der Waals surface area contributed by atoms with Crippen molar-refractivity contribution in [2.75, 3.05) is 6.61 Å². The van der Waals surface area contributed by atoms with Gasteiger partial charge in [0, 0.05) is 40.1 Å². The van der Waals surface area contributed by atoms with Crippen LogP contribution in [0.1, 0.15) is 105 Å². The van der Waals surface area contributed by atoms with Crippen molar-refractivity contribution in [1.29, 1.82) is 0 Å². The number of ketones is 2. The van der Waals surface area contributed by atoms with Crippen molar-refractivity contribution in [2.45, 2.75) is 116 Å². The Morgan fingerprint density at radius 1 is 1.11 bits per heavy atom. The molecule has 0 spiro atoms. The number of fused-ring (bicyclic) bond motifs is 5. The van der Waals surface area contributed by atoms with Crippen LogP contribution >= 0.6 is 0 Å². The van der Waals surface area contributed by atoms with Crippen molar-refractivity contribution >= 4 is 17.5 Å². The molecule has 0 aromatic rings. The minimum Gasteiger partial charge on any atom is -0.450 e. The van der Waals surface area contributed by atoms with Gasteiger partial charge in [0.15, 0.2) is 5.60 Å². The van der Waals surface area contributed by atoms with Gasteiger partial charge in [-0.15, -0.1) is 0 Å². The Balaban J connectivity index is 0.00000361. The summed E-state index contributed by atoms with van der Waals surface area (Å²) in [5, 5.41) is 20.3. The van der Waals surface area contributed by atoms with E-state index in [9.17, 15) is 24.6 Å². The maximum Gasteiger partial charge on any atom is 0.309 e. The van der Waals surface area contributed by atoms with Gasteiger partial charge in [-0.1, -0.05) is 40.5 Å². The molecule has 0 aromatic carbocycles. The Labute approximate surface area is 232 Å². The average Bonchev–Trinajstić information content (AvgIpc) is 3.11. The molecule has 0 bridgehead atoms. The monoisotopic (exact) mass is 671 g/mol. The summed E-state index contributed by atoms with van der Waals surface area (Å²) in [6.45, 7) is 7.61. The summed E-state index contributed by atoms with van der Waals surface area (Å²) < 4.78 is 6.21. The van der Waals surface area contributed by atoms with Gasteiger partial charge in [0.05, 0.1) is 12.0 Å². The van der Waals surface area contributed by atoms with E-state index in [-0.39, 0.29) is 75.7 Å². The summed E-state index contributed by atoms with van der Waals surface area (Å²) >= 11 is 0. The van der Waals surface area contributed by atoms with E-state index in [1.165, 1.54) is 0 Å². The largest absolute Gasteiger partial charge is 0.450 e. The molecule has 4 fully saturated rings. The molecule has 0 heterocycles. The quantitative estimate of drug-likeness (QED) is 0.366. The Bertz CT molecular complexity index is 846. The summed E-state index contributed by atoms with van der Waals surface area (Å²) in [4.78, 5) is 40.7. The SMILES string of the molecule is CCCCC(CC)C(=O)O[C@]1(C(=O)CO)CC[C@H]2[C@@H]3CC[C@@H]4C[C@H](O)CC[C@]4(C)[C@H]3C(=O)C[C@@]21C.[Ta]. The van der Waals surface area contributed by atoms with E-state index < -0.39 is 23.4 Å². The van der Waals surface area contributed by atoms with Crippen LogP contribution in [0.2, 0.25) is 0 Å². The fourth-order valence-corrected chi connectivity index (χ4v) is 9.04. The number of esters is 1. The molecule has 4 aliphatic carbocycles. The normalized spacial score (nSPS) is 42.4. The smallest absolute Gasteiger partial charge is 0.309 e. The Morgan fingerprint density at radius 3 is 2.47 bits per heavy atom. The molecule has 4 aliphatic rings. The molecule has 36 heavy (non-hydrogen) atoms. The minimum absolute atomic E-state index is 0. The number of unbranched alkanes of at least 4 members (excludes halogenated alkanes) is 1. The Hall–Kier alpha value is -0.530. The van der Waals surface area contributed by atoms with Crippen LogP contribution in [0.3, 0.4) is 0 Å². The molecular formula is C29H46O6Ta. The van der Waals surface area contributed by atoms with E-state index in [0.29, 0.717) is 18.8 Å². The zero-order chi connectivity index (χ0) is 25.6. The zero-order valence-electron chi connectivity index (χ0n) is 22.6. The molecular weight excluding hydrogens is 625 g/mol. The molecule has 1 radical (unpaired) electrons. The fraction of sp³-hybridized carbons (Fsp3) is 0.897. The number of ether oxygens (including phenoxy) is 1. The molecule has 9 atom stereocenters. The molecule has 6 nitrogen and oxygen atoms in total. The predicted molar refractivity (Wildman–Crippen MR) is 132 cm³/mol. The van der Waals surface area contributed by atoms with Crippen LogP contribution in [-0.2, 0) is 41.5 Å². The summed E-state index contributed by atoms with van der Waals surface area (Å²) in [5.74, 6) is -0.326. The van der Waals surface area contributed by atoms with Crippen LogP contribution in [0.15, 0.2) is 0 Å². The van der Waals surface area contributed by atoms with Crippen LogP contribution in [-0.4, -0.2) is 46.1 Å². The number of hydrogen-bond acceptors (Lipinski definition) is 6. The van der Waals surface area contributed by atoms with E-state index >= 15 is 0 Å². The molecule has 1 unspecified atom stereocenters. The van der Waals surface area contributed by atoms with Crippen LogP contribution in [0.5, 0.6) is 0 Å². The van der Waals surface area contributed by atoms with Gasteiger partial charge in [-0.3, -0.25) is 14.4 Å². The van der Waals surface area contributed by atoms with E-state index in [4.69, 9.17) is 4.74 Å². The van der Waals surface area contributed by atoms with E-state index in [1.807, 2.05) is 13.8 Å². The van der Waals surface area contributed by atoms with E-state index in [1.54, 1.807) is 0 Å². The van der Waals surface area contributed by atoms with Gasteiger partial charge in [-0.25, -0.2) is 0 Å². The summed E-state index contributed by atoms with van der Waals surface area (Å²) in [5.41, 5.74) is -2.33. The first kappa shape index (κ1) is 30.0. The predicted octanol–water partition coefficient (Wildman–Crippen LogP) is 4.63. The van der Waals surface area contributed by atoms with Crippen molar-refractivity contribution in [3.8, 4) is 0 Å². The van der Waals surface area contributed by atoms with E-state index in [2.05, 4.69) is 13.8 Å². The number of carbonyl (C=O) groups is 3. The third kappa shape index (κ3) is 4.61. The second-order valence-electron chi connectivity index (χ2n) is 12.6. The van der Waals surface area contributed by atoms with Crippen molar-refractivity contribution in [1.82, 2.24) is 0 Å². The molecule has 7 heteroatoms. The second kappa shape index (κ2) is 11.3. The standard InChI is InChI=1S/C29H46O6.Ta/c1-5-7-8-18(6-2)26(34)35-29(24(33)17-30)14-12-22-21-10-9-19-15-20(31)11-13-27(19,3)25(21)23(32)16-28(22,29)4;/h18-22,25,30-31H,5-17H2,1-4H3;/t18?,19-,20-,21+,22+,25-,27+,28+,29+;/m1./s1. The molecule has 0 amide bonds. The van der Waals surface area contributed by atoms with Gasteiger partial charge in [-0.2, -0.15) is 0 Å². The van der Waals surface area contributed by atoms with Crippen molar-refractivity contribution < 1.29 is 51.7 Å². The average molecular weight is 672 g/mol. The number of carbonyl (C=O) groups excluding carboxylic acids is 3. The first-order chi connectivity index (χ1) is 16.6. The van der Waals surface area contributed by atoms with Crippen LogP contribution in [0, 0.1) is 40.4 Å². The van der Waals surface area contributed by atoms with Gasteiger partial charge in [0.1, 0.15) is 12.4 Å². The third-order valence-electron chi connectivity index (χ3n) is 11.0. The Kier molecular flexibility index (Phi) is 9.42. The minimum atomic E-state index is -1.43. The van der Waals surface area contributed by atoms with Crippen molar-refractivity contribution in [2.24, 2.45) is 40.4 Å². The van der Waals surface area contributed by atoms with Gasteiger partial charge < -0.3 is 14.9 Å². The number of rotatable bonds is 8. The third-order valence-corrected chi connectivity index (χ3v) is 11.0. The van der Waals surface area contributed by atoms with Gasteiger partial charge in [0.2, 0.25) is 5.78 Å². The van der Waals surface area contributed by atoms with Gasteiger partial charge in [0.25, 0.3) is 0 Å². The van der Waals surface area contributed by atoms with Crippen LogP contribution < -0.4 is 0 Å². The number of aliphatic hydroxyl groups is 2. The maximum absolute atomic E-state index is 14.0. The second-order valence-corrected chi connectivity index (χ2v) is 12.6. The number of hydrogen-bond donors (Lipinski definition) is 2. The molecule has 4 rings (SSSR count). The number of Topliss-reactive ketones (excluding diaryl/α,β-unsaturated/α-hetero) is 2. The molecule has 4 saturated carbocycles. The van der Waals surface area contributed by atoms with Crippen molar-refractivity contribution in [3.05, 3.63) is 0 Å². The Morgan fingerprint density at radius 2 is 1.83 bits per heavy atom. The van der Waals surface area contributed by atoms with Crippen LogP contribution in [0.25, 0.3) is 0 Å². The molecule has 2 N–H and O–H groups in total. The van der Waals surface area contributed by atoms with Gasteiger partial charge >= 0.3 is 5.97 Å². The first-order valence-corrected chi connectivity index (χ1v) is 14.2. The maximum atomic E-state index is 14.0. The number of aliphatic hydroxyl groups excluding tert-OH is 2. The fourth-order valence-electron chi connectivity index (χ4n) is 9.04. The topological polar surface area (TPSA) is 101 Å². The summed E-state index contributed by atoms with van der Waals surface area (Å²) in [6, 6.07) is 0. The molecule has 203 valence electrons. The van der Waals surface area contributed by atoms with Crippen molar-refractivity contribution in [3.63, 3.8) is 0 Å². The molecule has 0 saturated heterocycles. The zero-order valence-corrected chi connectivity index (χ0v) is 25.8. The van der Waals surface area contributed by atoms with Gasteiger partial charge in [-0.05, 0) is 81.0 Å².